The van der Waals surface area contributed by atoms with Gasteiger partial charge in [0.1, 0.15) is 23.9 Å². The van der Waals surface area contributed by atoms with Crippen LogP contribution in [0.3, 0.4) is 0 Å². The molecule has 184 valence electrons. The molecule has 1 aliphatic rings. The number of nitrogens with one attached hydrogen (secondary N) is 2. The lowest BCUT2D eigenvalue weighted by atomic mass is 9.92. The van der Waals surface area contributed by atoms with Gasteiger partial charge in [-0.15, -0.1) is 0 Å². The number of ether oxygens (including phenoxy) is 3. The van der Waals surface area contributed by atoms with Gasteiger partial charge in [-0.3, -0.25) is 4.79 Å². The second-order valence-electron chi connectivity index (χ2n) is 9.29. The molecule has 7 heteroatoms. The highest BCUT2D eigenvalue weighted by molar-refractivity contribution is 5.96. The maximum Gasteiger partial charge on any atom is 0.262 e. The Hall–Kier alpha value is -3.55. The molecule has 3 aromatic rings. The normalized spacial score (nSPS) is 13.9. The van der Waals surface area contributed by atoms with E-state index < -0.39 is 6.04 Å². The van der Waals surface area contributed by atoms with Crippen molar-refractivity contribution < 1.29 is 24.1 Å². The van der Waals surface area contributed by atoms with Gasteiger partial charge in [0.15, 0.2) is 6.61 Å². The van der Waals surface area contributed by atoms with Gasteiger partial charge in [-0.1, -0.05) is 42.5 Å². The van der Waals surface area contributed by atoms with E-state index in [4.69, 9.17) is 14.2 Å². The quantitative estimate of drug-likeness (QED) is 0.405. The molecule has 1 atom stereocenters. The molecule has 0 aromatic heterocycles. The van der Waals surface area contributed by atoms with Crippen molar-refractivity contribution in [3.8, 4) is 17.2 Å². The summed E-state index contributed by atoms with van der Waals surface area (Å²) in [5, 5.41) is 16.8. The first-order valence-corrected chi connectivity index (χ1v) is 11.7. The predicted molar refractivity (Wildman–Crippen MR) is 135 cm³/mol. The molecule has 4 rings (SSSR count). The standard InChI is InChI=1S/C28H32N2O5/c1-28(2,15-19-9-11-21(33-3)12-10-19)30-25(16-31)23-13-22(34-17-20-7-5-4-6-8-20)14-24-27(23)35-18-26(32)29-24/h4-14,25,30-31H,15-18H2,1-3H3,(H,29,32)/t25-/m0/s1. The van der Waals surface area contributed by atoms with E-state index in [1.54, 1.807) is 13.2 Å². The minimum absolute atomic E-state index is 0.0718. The first kappa shape index (κ1) is 24.6. The lowest BCUT2D eigenvalue weighted by molar-refractivity contribution is -0.118. The maximum atomic E-state index is 12.0. The van der Waals surface area contributed by atoms with Crippen LogP contribution in [0.4, 0.5) is 5.69 Å². The Morgan fingerprint density at radius 1 is 1.06 bits per heavy atom. The number of hydrogen-bond donors (Lipinski definition) is 3. The van der Waals surface area contributed by atoms with Crippen LogP contribution >= 0.6 is 0 Å². The Labute approximate surface area is 206 Å². The van der Waals surface area contributed by atoms with Crippen molar-refractivity contribution in [3.05, 3.63) is 83.4 Å². The molecule has 1 aliphatic heterocycles. The van der Waals surface area contributed by atoms with Crippen LogP contribution in [0.25, 0.3) is 0 Å². The van der Waals surface area contributed by atoms with E-state index in [2.05, 4.69) is 24.5 Å². The van der Waals surface area contributed by atoms with E-state index >= 15 is 0 Å². The van der Waals surface area contributed by atoms with Crippen LogP contribution in [0, 0.1) is 0 Å². The summed E-state index contributed by atoms with van der Waals surface area (Å²) < 4.78 is 17.1. The molecule has 0 aliphatic carbocycles. The van der Waals surface area contributed by atoms with Crippen molar-refractivity contribution in [3.63, 3.8) is 0 Å². The van der Waals surface area contributed by atoms with E-state index in [-0.39, 0.29) is 24.7 Å². The Balaban J connectivity index is 1.58. The minimum atomic E-state index is -0.438. The Bertz CT molecular complexity index is 1150. The molecule has 1 heterocycles. The number of amides is 1. The molecule has 35 heavy (non-hydrogen) atoms. The van der Waals surface area contributed by atoms with E-state index in [1.807, 2.05) is 60.7 Å². The average Bonchev–Trinajstić information content (AvgIpc) is 2.86. The van der Waals surface area contributed by atoms with Gasteiger partial charge in [-0.05, 0) is 49.6 Å². The summed E-state index contributed by atoms with van der Waals surface area (Å²) in [7, 11) is 1.65. The molecular formula is C28H32N2O5. The second kappa shape index (κ2) is 10.8. The Kier molecular flexibility index (Phi) is 7.58. The highest BCUT2D eigenvalue weighted by Crippen LogP contribution is 2.40. The highest BCUT2D eigenvalue weighted by atomic mass is 16.5. The van der Waals surface area contributed by atoms with Gasteiger partial charge in [-0.2, -0.15) is 0 Å². The number of aliphatic hydroxyl groups is 1. The Morgan fingerprint density at radius 2 is 1.80 bits per heavy atom. The summed E-state index contributed by atoms with van der Waals surface area (Å²) in [6.07, 6.45) is 0.734. The SMILES string of the molecule is COc1ccc(CC(C)(C)N[C@@H](CO)c2cc(OCc3ccccc3)cc3c2OCC(=O)N3)cc1. The number of aliphatic hydroxyl groups excluding tert-OH is 1. The zero-order valence-electron chi connectivity index (χ0n) is 20.3. The van der Waals surface area contributed by atoms with Crippen LogP contribution in [0.5, 0.6) is 17.2 Å². The largest absolute Gasteiger partial charge is 0.497 e. The van der Waals surface area contributed by atoms with Crippen LogP contribution in [0.1, 0.15) is 36.6 Å². The number of carbonyl (C=O) groups is 1. The average molecular weight is 477 g/mol. The number of benzene rings is 3. The van der Waals surface area contributed by atoms with E-state index in [1.165, 1.54) is 0 Å². The molecule has 7 nitrogen and oxygen atoms in total. The van der Waals surface area contributed by atoms with Crippen LogP contribution in [-0.2, 0) is 17.8 Å². The zero-order chi connectivity index (χ0) is 24.8. The predicted octanol–water partition coefficient (Wildman–Crippen LogP) is 4.25. The topological polar surface area (TPSA) is 89.1 Å². The molecule has 0 spiro atoms. The summed E-state index contributed by atoms with van der Waals surface area (Å²) in [5.74, 6) is 1.72. The van der Waals surface area contributed by atoms with E-state index in [0.29, 0.717) is 23.8 Å². The number of hydrogen-bond acceptors (Lipinski definition) is 6. The van der Waals surface area contributed by atoms with Gasteiger partial charge in [0.2, 0.25) is 0 Å². The molecule has 0 radical (unpaired) electrons. The number of fused-ring (bicyclic) bond motifs is 1. The number of anilines is 1. The third kappa shape index (κ3) is 6.32. The monoisotopic (exact) mass is 476 g/mol. The second-order valence-corrected chi connectivity index (χ2v) is 9.29. The minimum Gasteiger partial charge on any atom is -0.497 e. The number of rotatable bonds is 10. The summed E-state index contributed by atoms with van der Waals surface area (Å²) >= 11 is 0. The summed E-state index contributed by atoms with van der Waals surface area (Å²) in [5.41, 5.74) is 3.09. The molecule has 1 amide bonds. The van der Waals surface area contributed by atoms with Gasteiger partial charge < -0.3 is 30.0 Å². The van der Waals surface area contributed by atoms with Crippen LogP contribution < -0.4 is 24.8 Å². The maximum absolute atomic E-state index is 12.0. The fourth-order valence-corrected chi connectivity index (χ4v) is 4.28. The van der Waals surface area contributed by atoms with Gasteiger partial charge in [-0.25, -0.2) is 0 Å². The van der Waals surface area contributed by atoms with Gasteiger partial charge in [0.05, 0.1) is 25.4 Å². The molecule has 0 saturated carbocycles. The van der Waals surface area contributed by atoms with Gasteiger partial charge >= 0.3 is 0 Å². The van der Waals surface area contributed by atoms with Crippen LogP contribution in [-0.4, -0.2) is 36.9 Å². The van der Waals surface area contributed by atoms with Crippen molar-refractivity contribution >= 4 is 11.6 Å². The molecule has 3 N–H and O–H groups in total. The van der Waals surface area contributed by atoms with Gasteiger partial charge in [0, 0.05) is 17.2 Å². The third-order valence-corrected chi connectivity index (χ3v) is 5.89. The molecular weight excluding hydrogens is 444 g/mol. The van der Waals surface area contributed by atoms with Crippen molar-refractivity contribution in [2.45, 2.75) is 38.5 Å². The summed E-state index contributed by atoms with van der Waals surface area (Å²) in [6, 6.07) is 21.0. The highest BCUT2D eigenvalue weighted by Gasteiger charge is 2.29. The first-order chi connectivity index (χ1) is 16.9. The van der Waals surface area contributed by atoms with Crippen LogP contribution in [0.15, 0.2) is 66.7 Å². The number of methoxy groups -OCH3 is 1. The summed E-state index contributed by atoms with van der Waals surface area (Å²) in [6.45, 7) is 4.33. The van der Waals surface area contributed by atoms with Crippen molar-refractivity contribution in [1.29, 1.82) is 0 Å². The molecule has 0 fully saturated rings. The number of carbonyl (C=O) groups excluding carboxylic acids is 1. The van der Waals surface area contributed by atoms with E-state index in [9.17, 15) is 9.90 Å². The molecule has 0 saturated heterocycles. The molecule has 0 bridgehead atoms. The zero-order valence-corrected chi connectivity index (χ0v) is 20.3. The smallest absolute Gasteiger partial charge is 0.262 e. The lowest BCUT2D eigenvalue weighted by Crippen LogP contribution is -2.45. The fraction of sp³-hybridized carbons (Fsp3) is 0.321. The van der Waals surface area contributed by atoms with Crippen LogP contribution in [0.2, 0.25) is 0 Å². The van der Waals surface area contributed by atoms with Crippen molar-refractivity contribution in [2.75, 3.05) is 25.6 Å². The van der Waals surface area contributed by atoms with Crippen molar-refractivity contribution in [1.82, 2.24) is 5.32 Å². The molecule has 3 aromatic carbocycles. The van der Waals surface area contributed by atoms with Crippen molar-refractivity contribution in [2.24, 2.45) is 0 Å². The first-order valence-electron chi connectivity index (χ1n) is 11.7. The van der Waals surface area contributed by atoms with Gasteiger partial charge in [0.25, 0.3) is 5.91 Å². The summed E-state index contributed by atoms with van der Waals surface area (Å²) in [4.78, 5) is 12.0. The third-order valence-electron chi connectivity index (χ3n) is 5.89. The lowest BCUT2D eigenvalue weighted by Gasteiger charge is -2.33. The van der Waals surface area contributed by atoms with E-state index in [0.717, 1.165) is 28.9 Å². The Morgan fingerprint density at radius 3 is 2.49 bits per heavy atom. The molecule has 0 unspecified atom stereocenters. The fourth-order valence-electron chi connectivity index (χ4n) is 4.28.